The van der Waals surface area contributed by atoms with Crippen LogP contribution in [0.2, 0.25) is 0 Å². The fourth-order valence-electron chi connectivity index (χ4n) is 3.18. The monoisotopic (exact) mass is 397 g/mol. The van der Waals surface area contributed by atoms with Gasteiger partial charge in [-0.25, -0.2) is 4.98 Å². The quantitative estimate of drug-likeness (QED) is 0.428. The third-order valence-electron chi connectivity index (χ3n) is 4.57. The van der Waals surface area contributed by atoms with Crippen LogP contribution in [0, 0.1) is 11.3 Å². The second-order valence-electron chi connectivity index (χ2n) is 7.79. The molecule has 4 nitrogen and oxygen atoms in total. The summed E-state index contributed by atoms with van der Waals surface area (Å²) < 4.78 is 27.6. The van der Waals surface area contributed by atoms with Crippen LogP contribution in [0.15, 0.2) is 52.3 Å². The molecular formula is C22H24FN3OS. The van der Waals surface area contributed by atoms with Gasteiger partial charge in [-0.05, 0) is 49.2 Å². The Labute approximate surface area is 168 Å². The minimum absolute atomic E-state index is 0.152. The van der Waals surface area contributed by atoms with E-state index in [2.05, 4.69) is 31.4 Å². The molecule has 0 aliphatic rings. The molecule has 28 heavy (non-hydrogen) atoms. The fourth-order valence-corrected chi connectivity index (χ4v) is 4.24. The summed E-state index contributed by atoms with van der Waals surface area (Å²) in [6, 6.07) is 14.5. The Morgan fingerprint density at radius 2 is 1.79 bits per heavy atom. The number of nitrogens with zero attached hydrogens (tertiary/aromatic N) is 3. The van der Waals surface area contributed by atoms with Crippen molar-refractivity contribution >= 4 is 22.2 Å². The molecule has 1 aromatic heterocycles. The minimum Gasteiger partial charge on any atom is -0.606 e. The van der Waals surface area contributed by atoms with Gasteiger partial charge in [-0.1, -0.05) is 20.8 Å². The molecular weight excluding hydrogens is 373 g/mol. The van der Waals surface area contributed by atoms with E-state index in [1.54, 1.807) is 24.3 Å². The predicted molar refractivity (Wildman–Crippen MR) is 109 cm³/mol. The van der Waals surface area contributed by atoms with Gasteiger partial charge in [0.25, 0.3) is 0 Å². The Balaban J connectivity index is 1.99. The van der Waals surface area contributed by atoms with Crippen molar-refractivity contribution in [3.63, 3.8) is 0 Å². The van der Waals surface area contributed by atoms with Crippen LogP contribution in [0.4, 0.5) is 4.39 Å². The van der Waals surface area contributed by atoms with Crippen LogP contribution in [0.3, 0.4) is 0 Å². The molecule has 0 amide bonds. The number of hydrogen-bond donors (Lipinski definition) is 0. The first-order chi connectivity index (χ1) is 13.3. The maximum Gasteiger partial charge on any atom is 0.160 e. The first-order valence-corrected chi connectivity index (χ1v) is 10.5. The Hall–Kier alpha value is -2.36. The average molecular weight is 398 g/mol. The van der Waals surface area contributed by atoms with E-state index in [1.807, 2.05) is 18.2 Å². The molecule has 1 heterocycles. The molecule has 0 aliphatic carbocycles. The molecule has 3 aromatic rings. The van der Waals surface area contributed by atoms with Crippen molar-refractivity contribution < 1.29 is 8.94 Å². The van der Waals surface area contributed by atoms with Gasteiger partial charge in [0.05, 0.1) is 29.3 Å². The number of nitriles is 1. The van der Waals surface area contributed by atoms with Crippen LogP contribution >= 0.6 is 0 Å². The molecule has 0 saturated carbocycles. The molecule has 2 aromatic carbocycles. The number of hydrogen-bond acceptors (Lipinski definition) is 3. The number of halogens is 1. The van der Waals surface area contributed by atoms with E-state index in [4.69, 9.17) is 10.2 Å². The van der Waals surface area contributed by atoms with Crippen molar-refractivity contribution in [3.05, 3.63) is 53.9 Å². The SMILES string of the molecule is CC(C)(C)c1nc2cc([S+]([O-])c3ccc(C#N)cc3)ccc2n1CCCCF. The average Bonchev–Trinajstić information content (AvgIpc) is 3.06. The summed E-state index contributed by atoms with van der Waals surface area (Å²) in [6.45, 7) is 6.72. The highest BCUT2D eigenvalue weighted by atomic mass is 32.2. The molecule has 0 bridgehead atoms. The van der Waals surface area contributed by atoms with Crippen molar-refractivity contribution in [1.29, 1.82) is 5.26 Å². The lowest BCUT2D eigenvalue weighted by atomic mass is 9.95. The fraction of sp³-hybridized carbons (Fsp3) is 0.364. The maximum absolute atomic E-state index is 12.9. The Bertz CT molecular complexity index is 1000. The van der Waals surface area contributed by atoms with Crippen LogP contribution in [-0.2, 0) is 23.1 Å². The van der Waals surface area contributed by atoms with Crippen molar-refractivity contribution in [2.45, 2.75) is 55.4 Å². The molecule has 0 aliphatic heterocycles. The third-order valence-corrected chi connectivity index (χ3v) is 5.95. The number of fused-ring (bicyclic) bond motifs is 1. The topological polar surface area (TPSA) is 64.7 Å². The van der Waals surface area contributed by atoms with E-state index < -0.39 is 11.2 Å². The van der Waals surface area contributed by atoms with Gasteiger partial charge in [0.1, 0.15) is 5.82 Å². The maximum atomic E-state index is 12.9. The first kappa shape index (κ1) is 20.4. The van der Waals surface area contributed by atoms with Crippen LogP contribution in [0.1, 0.15) is 45.0 Å². The molecule has 0 spiro atoms. The van der Waals surface area contributed by atoms with E-state index in [-0.39, 0.29) is 12.1 Å². The zero-order chi connectivity index (χ0) is 20.3. The van der Waals surface area contributed by atoms with Crippen molar-refractivity contribution in [1.82, 2.24) is 9.55 Å². The highest BCUT2D eigenvalue weighted by Gasteiger charge is 2.24. The van der Waals surface area contributed by atoms with Gasteiger partial charge in [0.2, 0.25) is 0 Å². The van der Waals surface area contributed by atoms with Crippen LogP contribution in [-0.4, -0.2) is 20.8 Å². The van der Waals surface area contributed by atoms with E-state index >= 15 is 0 Å². The van der Waals surface area contributed by atoms with Crippen molar-refractivity contribution in [3.8, 4) is 6.07 Å². The zero-order valence-corrected chi connectivity index (χ0v) is 17.2. The van der Waals surface area contributed by atoms with Crippen LogP contribution < -0.4 is 0 Å². The van der Waals surface area contributed by atoms with E-state index in [1.165, 1.54) is 0 Å². The van der Waals surface area contributed by atoms with Crippen LogP contribution in [0.5, 0.6) is 0 Å². The number of aromatic nitrogens is 2. The smallest absolute Gasteiger partial charge is 0.160 e. The van der Waals surface area contributed by atoms with Gasteiger partial charge >= 0.3 is 0 Å². The standard InChI is InChI=1S/C22H24FN3OS/c1-22(2,3)21-25-19-14-18(10-11-20(19)26(21)13-5-4-12-23)28(27)17-8-6-16(15-24)7-9-17/h6-11,14H,4-5,12-13H2,1-3H3. The number of alkyl halides is 1. The number of aryl methyl sites for hydroxylation is 1. The number of unbranched alkanes of at least 4 members (excludes halogenated alkanes) is 1. The van der Waals surface area contributed by atoms with Gasteiger partial charge in [-0.3, -0.25) is 4.39 Å². The van der Waals surface area contributed by atoms with E-state index in [0.717, 1.165) is 23.3 Å². The highest BCUT2D eigenvalue weighted by Crippen LogP contribution is 2.30. The Morgan fingerprint density at radius 3 is 2.39 bits per heavy atom. The molecule has 0 fully saturated rings. The molecule has 1 atom stereocenters. The zero-order valence-electron chi connectivity index (χ0n) is 16.4. The lowest BCUT2D eigenvalue weighted by Crippen LogP contribution is -2.19. The summed E-state index contributed by atoms with van der Waals surface area (Å²) >= 11 is -1.35. The molecule has 6 heteroatoms. The third kappa shape index (κ3) is 4.21. The lowest BCUT2D eigenvalue weighted by molar-refractivity contribution is 0.436. The molecule has 0 radical (unpaired) electrons. The normalized spacial score (nSPS) is 12.9. The first-order valence-electron chi connectivity index (χ1n) is 9.34. The van der Waals surface area contributed by atoms with Gasteiger partial charge in [0.15, 0.2) is 9.79 Å². The second kappa shape index (κ2) is 8.34. The number of benzene rings is 2. The molecule has 3 rings (SSSR count). The molecule has 146 valence electrons. The summed E-state index contributed by atoms with van der Waals surface area (Å²) in [5.74, 6) is 0.947. The van der Waals surface area contributed by atoms with Gasteiger partial charge in [0, 0.05) is 29.2 Å². The number of rotatable bonds is 6. The van der Waals surface area contributed by atoms with Crippen molar-refractivity contribution in [2.75, 3.05) is 6.67 Å². The summed E-state index contributed by atoms with van der Waals surface area (Å²) in [5.41, 5.74) is 2.16. The van der Waals surface area contributed by atoms with Crippen molar-refractivity contribution in [2.24, 2.45) is 0 Å². The number of imidazole rings is 1. The van der Waals surface area contributed by atoms with E-state index in [9.17, 15) is 8.94 Å². The molecule has 0 N–H and O–H groups in total. The minimum atomic E-state index is -1.35. The molecule has 1 unspecified atom stereocenters. The molecule has 0 saturated heterocycles. The van der Waals surface area contributed by atoms with Gasteiger partial charge < -0.3 is 9.12 Å². The summed E-state index contributed by atoms with van der Waals surface area (Å²) in [5, 5.41) is 8.92. The van der Waals surface area contributed by atoms with Gasteiger partial charge in [-0.2, -0.15) is 5.26 Å². The summed E-state index contributed by atoms with van der Waals surface area (Å²) in [4.78, 5) is 6.14. The summed E-state index contributed by atoms with van der Waals surface area (Å²) in [7, 11) is 0. The Kier molecular flexibility index (Phi) is 6.07. The Morgan fingerprint density at radius 1 is 1.11 bits per heavy atom. The lowest BCUT2D eigenvalue weighted by Gasteiger charge is -2.20. The largest absolute Gasteiger partial charge is 0.606 e. The highest BCUT2D eigenvalue weighted by molar-refractivity contribution is 7.91. The van der Waals surface area contributed by atoms with Gasteiger partial charge in [-0.15, -0.1) is 0 Å². The second-order valence-corrected chi connectivity index (χ2v) is 9.27. The predicted octanol–water partition coefficient (Wildman–Crippen LogP) is 5.12. The van der Waals surface area contributed by atoms with Crippen LogP contribution in [0.25, 0.3) is 11.0 Å². The summed E-state index contributed by atoms with van der Waals surface area (Å²) in [6.07, 6.45) is 1.29. The van der Waals surface area contributed by atoms with E-state index in [0.29, 0.717) is 28.3 Å².